The van der Waals surface area contributed by atoms with Crippen molar-refractivity contribution in [3.63, 3.8) is 0 Å². The molecule has 4 bridgehead atoms. The zero-order valence-corrected chi connectivity index (χ0v) is 12.0. The highest BCUT2D eigenvalue weighted by Gasteiger charge is 2.53. The van der Waals surface area contributed by atoms with Crippen LogP contribution in [0.3, 0.4) is 0 Å². The van der Waals surface area contributed by atoms with Gasteiger partial charge < -0.3 is 9.73 Å². The van der Waals surface area contributed by atoms with Crippen molar-refractivity contribution in [1.82, 2.24) is 5.32 Å². The fourth-order valence-corrected chi connectivity index (χ4v) is 5.42. The molecule has 4 aliphatic rings. The van der Waals surface area contributed by atoms with Crippen LogP contribution in [0, 0.1) is 17.8 Å². The lowest BCUT2D eigenvalue weighted by Crippen LogP contribution is -2.48. The first kappa shape index (κ1) is 12.0. The summed E-state index contributed by atoms with van der Waals surface area (Å²) in [5, 5.41) is 3.36. The van der Waals surface area contributed by atoms with Gasteiger partial charge in [-0.1, -0.05) is 6.92 Å². The second-order valence-electron chi connectivity index (χ2n) is 7.24. The molecule has 4 saturated carbocycles. The number of rotatable bonds is 4. The van der Waals surface area contributed by atoms with Crippen LogP contribution in [0.1, 0.15) is 57.0 Å². The van der Waals surface area contributed by atoms with E-state index in [1.54, 1.807) is 0 Å². The average Bonchev–Trinajstić information content (AvgIpc) is 2.84. The fraction of sp³-hybridized carbons (Fsp3) is 0.765. The molecule has 1 N–H and O–H groups in total. The minimum atomic E-state index is 0.416. The Labute approximate surface area is 116 Å². The number of nitrogens with one attached hydrogen (secondary N) is 1. The third kappa shape index (κ3) is 1.96. The zero-order chi connectivity index (χ0) is 12.9. The molecule has 5 rings (SSSR count). The molecule has 2 heteroatoms. The van der Waals surface area contributed by atoms with E-state index in [1.807, 2.05) is 0 Å². The largest absolute Gasteiger partial charge is 0.464 e. The SMILES string of the molecule is CCNCc1ccc(C23CC4CC(CC(C4)C2)C3)o1. The van der Waals surface area contributed by atoms with E-state index in [0.717, 1.165) is 36.6 Å². The van der Waals surface area contributed by atoms with E-state index >= 15 is 0 Å². The second-order valence-corrected chi connectivity index (χ2v) is 7.24. The van der Waals surface area contributed by atoms with Crippen molar-refractivity contribution in [2.75, 3.05) is 6.54 Å². The van der Waals surface area contributed by atoms with E-state index in [4.69, 9.17) is 4.42 Å². The van der Waals surface area contributed by atoms with Gasteiger partial charge in [-0.15, -0.1) is 0 Å². The molecule has 19 heavy (non-hydrogen) atoms. The van der Waals surface area contributed by atoms with Crippen LogP contribution < -0.4 is 5.32 Å². The number of hydrogen-bond acceptors (Lipinski definition) is 2. The molecule has 0 spiro atoms. The Balaban J connectivity index is 1.59. The van der Waals surface area contributed by atoms with E-state index < -0.39 is 0 Å². The van der Waals surface area contributed by atoms with E-state index in [9.17, 15) is 0 Å². The van der Waals surface area contributed by atoms with Crippen molar-refractivity contribution < 1.29 is 4.42 Å². The van der Waals surface area contributed by atoms with Crippen molar-refractivity contribution >= 4 is 0 Å². The summed E-state index contributed by atoms with van der Waals surface area (Å²) < 4.78 is 6.21. The third-order valence-electron chi connectivity index (χ3n) is 5.77. The lowest BCUT2D eigenvalue weighted by atomic mass is 9.49. The molecule has 0 saturated heterocycles. The third-order valence-corrected chi connectivity index (χ3v) is 5.77. The highest BCUT2D eigenvalue weighted by molar-refractivity contribution is 5.22. The van der Waals surface area contributed by atoms with Crippen LogP contribution in [0.25, 0.3) is 0 Å². The molecular weight excluding hydrogens is 234 g/mol. The van der Waals surface area contributed by atoms with Crippen molar-refractivity contribution in [1.29, 1.82) is 0 Å². The van der Waals surface area contributed by atoms with E-state index in [-0.39, 0.29) is 0 Å². The lowest BCUT2D eigenvalue weighted by Gasteiger charge is -2.55. The van der Waals surface area contributed by atoms with Gasteiger partial charge in [0.25, 0.3) is 0 Å². The first-order chi connectivity index (χ1) is 9.27. The molecule has 0 amide bonds. The van der Waals surface area contributed by atoms with Crippen LogP contribution in [0.5, 0.6) is 0 Å². The van der Waals surface area contributed by atoms with Gasteiger partial charge in [0.05, 0.1) is 6.54 Å². The molecular formula is C17H25NO. The zero-order valence-electron chi connectivity index (χ0n) is 12.0. The summed E-state index contributed by atoms with van der Waals surface area (Å²) >= 11 is 0. The number of furan rings is 1. The van der Waals surface area contributed by atoms with Gasteiger partial charge in [0, 0.05) is 5.41 Å². The highest BCUT2D eigenvalue weighted by atomic mass is 16.3. The van der Waals surface area contributed by atoms with Crippen molar-refractivity contribution in [2.45, 2.75) is 57.4 Å². The molecule has 0 atom stereocenters. The van der Waals surface area contributed by atoms with E-state index in [0.29, 0.717) is 5.41 Å². The van der Waals surface area contributed by atoms with Crippen LogP contribution in [-0.4, -0.2) is 6.54 Å². The molecule has 4 aliphatic carbocycles. The molecule has 2 nitrogen and oxygen atoms in total. The van der Waals surface area contributed by atoms with E-state index in [1.165, 1.54) is 44.3 Å². The smallest absolute Gasteiger partial charge is 0.117 e. The Bertz CT molecular complexity index is 426. The molecule has 1 aromatic heterocycles. The summed E-state index contributed by atoms with van der Waals surface area (Å²) in [6.07, 6.45) is 8.70. The van der Waals surface area contributed by atoms with E-state index in [2.05, 4.69) is 24.4 Å². The molecule has 1 heterocycles. The van der Waals surface area contributed by atoms with Crippen molar-refractivity contribution in [2.24, 2.45) is 17.8 Å². The maximum Gasteiger partial charge on any atom is 0.117 e. The molecule has 0 aliphatic heterocycles. The minimum absolute atomic E-state index is 0.416. The Morgan fingerprint density at radius 2 is 1.74 bits per heavy atom. The molecule has 104 valence electrons. The fourth-order valence-electron chi connectivity index (χ4n) is 5.42. The molecule has 1 aromatic rings. The Hall–Kier alpha value is -0.760. The molecule has 0 aromatic carbocycles. The number of hydrogen-bond donors (Lipinski definition) is 1. The Kier molecular flexibility index (Phi) is 2.77. The normalized spacial score (nSPS) is 39.9. The predicted molar refractivity (Wildman–Crippen MR) is 75.9 cm³/mol. The maximum absolute atomic E-state index is 6.21. The molecule has 0 unspecified atom stereocenters. The van der Waals surface area contributed by atoms with Gasteiger partial charge in [-0.2, -0.15) is 0 Å². The van der Waals surface area contributed by atoms with Crippen molar-refractivity contribution in [3.8, 4) is 0 Å². The summed E-state index contributed by atoms with van der Waals surface area (Å²) in [4.78, 5) is 0. The summed E-state index contributed by atoms with van der Waals surface area (Å²) in [7, 11) is 0. The molecule has 0 radical (unpaired) electrons. The average molecular weight is 259 g/mol. The van der Waals surface area contributed by atoms with Gasteiger partial charge >= 0.3 is 0 Å². The Morgan fingerprint density at radius 3 is 2.32 bits per heavy atom. The van der Waals surface area contributed by atoms with Gasteiger partial charge in [-0.25, -0.2) is 0 Å². The first-order valence-electron chi connectivity index (χ1n) is 8.07. The summed E-state index contributed by atoms with van der Waals surface area (Å²) in [6.45, 7) is 4.03. The van der Waals surface area contributed by atoms with Crippen molar-refractivity contribution in [3.05, 3.63) is 23.7 Å². The van der Waals surface area contributed by atoms with Crippen LogP contribution >= 0.6 is 0 Å². The first-order valence-corrected chi connectivity index (χ1v) is 8.07. The van der Waals surface area contributed by atoms with Crippen LogP contribution in [0.2, 0.25) is 0 Å². The predicted octanol–water partition coefficient (Wildman–Crippen LogP) is 3.86. The van der Waals surface area contributed by atoms with Gasteiger partial charge in [0.15, 0.2) is 0 Å². The summed E-state index contributed by atoms with van der Waals surface area (Å²) in [5.41, 5.74) is 0.416. The van der Waals surface area contributed by atoms with Gasteiger partial charge in [0.2, 0.25) is 0 Å². The monoisotopic (exact) mass is 259 g/mol. The maximum atomic E-state index is 6.21. The Morgan fingerprint density at radius 1 is 1.11 bits per heavy atom. The van der Waals surface area contributed by atoms with Gasteiger partial charge in [-0.3, -0.25) is 0 Å². The molecule has 4 fully saturated rings. The van der Waals surface area contributed by atoms with Crippen LogP contribution in [0.15, 0.2) is 16.5 Å². The van der Waals surface area contributed by atoms with Gasteiger partial charge in [0.1, 0.15) is 11.5 Å². The topological polar surface area (TPSA) is 25.2 Å². The second kappa shape index (κ2) is 4.37. The summed E-state index contributed by atoms with van der Waals surface area (Å²) in [6, 6.07) is 4.47. The minimum Gasteiger partial charge on any atom is -0.464 e. The van der Waals surface area contributed by atoms with Crippen LogP contribution in [-0.2, 0) is 12.0 Å². The standard InChI is InChI=1S/C17H25NO/c1-2-18-11-15-3-4-16(19-15)17-8-12-5-13(9-17)7-14(6-12)10-17/h3-4,12-14,18H,2,5-11H2,1H3. The highest BCUT2D eigenvalue weighted by Crippen LogP contribution is 2.60. The quantitative estimate of drug-likeness (QED) is 0.888. The van der Waals surface area contributed by atoms with Gasteiger partial charge in [-0.05, 0) is 75.0 Å². The van der Waals surface area contributed by atoms with Crippen LogP contribution in [0.4, 0.5) is 0 Å². The summed E-state index contributed by atoms with van der Waals surface area (Å²) in [5.74, 6) is 5.41. The lowest BCUT2D eigenvalue weighted by molar-refractivity contribution is -0.0156.